The van der Waals surface area contributed by atoms with Gasteiger partial charge in [-0.05, 0) is 6.42 Å². The SMILES string of the molecule is CCC(C)SCc1nc(CNCCOC)cc(=O)[nH]1. The zero-order valence-electron chi connectivity index (χ0n) is 11.9. The van der Waals surface area contributed by atoms with Crippen LogP contribution in [0.5, 0.6) is 0 Å². The summed E-state index contributed by atoms with van der Waals surface area (Å²) in [5, 5.41) is 3.76. The first-order valence-corrected chi connectivity index (χ1v) is 7.61. The lowest BCUT2D eigenvalue weighted by Gasteiger charge is -2.08. The van der Waals surface area contributed by atoms with Crippen LogP contribution in [0.2, 0.25) is 0 Å². The molecule has 0 saturated heterocycles. The van der Waals surface area contributed by atoms with E-state index in [1.54, 1.807) is 18.9 Å². The topological polar surface area (TPSA) is 67.0 Å². The van der Waals surface area contributed by atoms with Gasteiger partial charge in [-0.3, -0.25) is 4.79 Å². The molecule has 0 fully saturated rings. The molecule has 0 aliphatic heterocycles. The highest BCUT2D eigenvalue weighted by molar-refractivity contribution is 7.99. The van der Waals surface area contributed by atoms with Crippen molar-refractivity contribution >= 4 is 11.8 Å². The Kier molecular flexibility index (Phi) is 7.78. The molecule has 1 aromatic rings. The van der Waals surface area contributed by atoms with Crippen molar-refractivity contribution in [3.8, 4) is 0 Å². The average molecular weight is 285 g/mol. The summed E-state index contributed by atoms with van der Waals surface area (Å²) in [6.07, 6.45) is 1.12. The van der Waals surface area contributed by atoms with Crippen LogP contribution < -0.4 is 10.9 Å². The summed E-state index contributed by atoms with van der Waals surface area (Å²) in [7, 11) is 1.66. The molecule has 0 bridgehead atoms. The van der Waals surface area contributed by atoms with Gasteiger partial charge in [0, 0.05) is 31.5 Å². The number of methoxy groups -OCH3 is 1. The van der Waals surface area contributed by atoms with Gasteiger partial charge in [0.2, 0.25) is 0 Å². The minimum Gasteiger partial charge on any atom is -0.383 e. The van der Waals surface area contributed by atoms with E-state index in [4.69, 9.17) is 4.74 Å². The average Bonchev–Trinajstić information content (AvgIpc) is 2.40. The highest BCUT2D eigenvalue weighted by atomic mass is 32.2. The second-order valence-corrected chi connectivity index (χ2v) is 5.81. The van der Waals surface area contributed by atoms with E-state index in [1.165, 1.54) is 6.07 Å². The maximum atomic E-state index is 11.6. The van der Waals surface area contributed by atoms with Gasteiger partial charge in [0.05, 0.1) is 18.1 Å². The van der Waals surface area contributed by atoms with Crippen molar-refractivity contribution in [3.05, 3.63) is 27.9 Å². The van der Waals surface area contributed by atoms with Gasteiger partial charge in [-0.1, -0.05) is 13.8 Å². The van der Waals surface area contributed by atoms with Gasteiger partial charge in [-0.15, -0.1) is 0 Å². The van der Waals surface area contributed by atoms with Crippen LogP contribution in [0.3, 0.4) is 0 Å². The van der Waals surface area contributed by atoms with Gasteiger partial charge >= 0.3 is 0 Å². The molecule has 108 valence electrons. The molecule has 0 amide bonds. The van der Waals surface area contributed by atoms with Crippen molar-refractivity contribution in [1.29, 1.82) is 0 Å². The normalized spacial score (nSPS) is 12.6. The molecule has 0 aliphatic carbocycles. The third-order valence-corrected chi connectivity index (χ3v) is 4.05. The largest absolute Gasteiger partial charge is 0.383 e. The number of ether oxygens (including phenoxy) is 1. The van der Waals surface area contributed by atoms with Crippen LogP contribution in [0.1, 0.15) is 31.8 Å². The lowest BCUT2D eigenvalue weighted by molar-refractivity contribution is 0.199. The quantitative estimate of drug-likeness (QED) is 0.674. The molecule has 1 heterocycles. The van der Waals surface area contributed by atoms with E-state index in [2.05, 4.69) is 29.1 Å². The molecule has 2 N–H and O–H groups in total. The van der Waals surface area contributed by atoms with E-state index in [9.17, 15) is 4.79 Å². The fourth-order valence-corrected chi connectivity index (χ4v) is 2.27. The lowest BCUT2D eigenvalue weighted by Crippen LogP contribution is -2.22. The van der Waals surface area contributed by atoms with Gasteiger partial charge in [0.15, 0.2) is 0 Å². The molecule has 0 radical (unpaired) electrons. The maximum Gasteiger partial charge on any atom is 0.251 e. The smallest absolute Gasteiger partial charge is 0.251 e. The maximum absolute atomic E-state index is 11.6. The minimum atomic E-state index is -0.0849. The minimum absolute atomic E-state index is 0.0849. The Bertz CT molecular complexity index is 423. The van der Waals surface area contributed by atoms with E-state index in [0.717, 1.165) is 30.2 Å². The third-order valence-electron chi connectivity index (χ3n) is 2.71. The summed E-state index contributed by atoms with van der Waals surface area (Å²) in [5.74, 6) is 1.50. The van der Waals surface area contributed by atoms with E-state index in [1.807, 2.05) is 0 Å². The van der Waals surface area contributed by atoms with Crippen molar-refractivity contribution in [2.45, 2.75) is 37.8 Å². The molecule has 0 saturated carbocycles. The first-order valence-electron chi connectivity index (χ1n) is 6.56. The Labute approximate surface area is 118 Å². The van der Waals surface area contributed by atoms with Crippen molar-refractivity contribution in [3.63, 3.8) is 0 Å². The number of nitrogens with zero attached hydrogens (tertiary/aromatic N) is 1. The fraction of sp³-hybridized carbons (Fsp3) is 0.692. The molecule has 1 rings (SSSR count). The van der Waals surface area contributed by atoms with Crippen LogP contribution in [-0.2, 0) is 17.0 Å². The standard InChI is InChI=1S/C13H23N3O2S/c1-4-10(2)19-9-12-15-11(7-13(17)16-12)8-14-5-6-18-3/h7,10,14H,4-6,8-9H2,1-3H3,(H,15,16,17). The van der Waals surface area contributed by atoms with Crippen LogP contribution in [0.15, 0.2) is 10.9 Å². The summed E-state index contributed by atoms with van der Waals surface area (Å²) in [4.78, 5) is 18.8. The molecule has 0 spiro atoms. The van der Waals surface area contributed by atoms with Crippen LogP contribution in [0.25, 0.3) is 0 Å². The molecule has 1 unspecified atom stereocenters. The van der Waals surface area contributed by atoms with Crippen LogP contribution in [0.4, 0.5) is 0 Å². The summed E-state index contributed by atoms with van der Waals surface area (Å²) in [6.45, 7) is 6.33. The fourth-order valence-electron chi connectivity index (χ4n) is 1.45. The number of H-pyrrole nitrogens is 1. The second-order valence-electron chi connectivity index (χ2n) is 4.38. The molecule has 6 heteroatoms. The first-order chi connectivity index (χ1) is 9.15. The van der Waals surface area contributed by atoms with Gasteiger partial charge in [0.1, 0.15) is 5.82 Å². The lowest BCUT2D eigenvalue weighted by atomic mass is 10.4. The first kappa shape index (κ1) is 16.2. The monoisotopic (exact) mass is 285 g/mol. The number of hydrogen-bond donors (Lipinski definition) is 2. The van der Waals surface area contributed by atoms with E-state index in [-0.39, 0.29) is 5.56 Å². The van der Waals surface area contributed by atoms with Crippen molar-refractivity contribution in [2.24, 2.45) is 0 Å². The van der Waals surface area contributed by atoms with Crippen molar-refractivity contribution in [1.82, 2.24) is 15.3 Å². The number of aromatic nitrogens is 2. The molecular formula is C13H23N3O2S. The highest BCUT2D eigenvalue weighted by Gasteiger charge is 2.04. The van der Waals surface area contributed by atoms with Crippen LogP contribution >= 0.6 is 11.8 Å². The number of nitrogens with one attached hydrogen (secondary N) is 2. The molecular weight excluding hydrogens is 262 g/mol. The summed E-state index contributed by atoms with van der Waals surface area (Å²) in [6, 6.07) is 1.54. The Balaban J connectivity index is 2.53. The van der Waals surface area contributed by atoms with E-state index < -0.39 is 0 Å². The predicted molar refractivity (Wildman–Crippen MR) is 79.5 cm³/mol. The summed E-state index contributed by atoms with van der Waals surface area (Å²) >= 11 is 1.81. The van der Waals surface area contributed by atoms with Crippen molar-refractivity contribution in [2.75, 3.05) is 20.3 Å². The number of thioether (sulfide) groups is 1. The van der Waals surface area contributed by atoms with Gasteiger partial charge in [-0.2, -0.15) is 11.8 Å². The number of hydrogen-bond acceptors (Lipinski definition) is 5. The van der Waals surface area contributed by atoms with Crippen LogP contribution in [0, 0.1) is 0 Å². The highest BCUT2D eigenvalue weighted by Crippen LogP contribution is 2.17. The summed E-state index contributed by atoms with van der Waals surface area (Å²) in [5.41, 5.74) is 0.692. The zero-order chi connectivity index (χ0) is 14.1. The summed E-state index contributed by atoms with van der Waals surface area (Å²) < 4.78 is 4.95. The second kappa shape index (κ2) is 9.12. The Morgan fingerprint density at radius 2 is 2.37 bits per heavy atom. The Hall–Kier alpha value is -0.850. The zero-order valence-corrected chi connectivity index (χ0v) is 12.7. The van der Waals surface area contributed by atoms with Gasteiger partial charge in [-0.25, -0.2) is 4.98 Å². The van der Waals surface area contributed by atoms with Crippen LogP contribution in [-0.4, -0.2) is 35.5 Å². The van der Waals surface area contributed by atoms with Gasteiger partial charge in [0.25, 0.3) is 5.56 Å². The molecule has 5 nitrogen and oxygen atoms in total. The molecule has 19 heavy (non-hydrogen) atoms. The molecule has 0 aromatic carbocycles. The van der Waals surface area contributed by atoms with E-state index >= 15 is 0 Å². The molecule has 1 aromatic heterocycles. The Morgan fingerprint density at radius 3 is 3.05 bits per heavy atom. The molecule has 1 atom stereocenters. The Morgan fingerprint density at radius 1 is 1.58 bits per heavy atom. The van der Waals surface area contributed by atoms with Gasteiger partial charge < -0.3 is 15.0 Å². The van der Waals surface area contributed by atoms with E-state index in [0.29, 0.717) is 18.4 Å². The van der Waals surface area contributed by atoms with Crippen molar-refractivity contribution < 1.29 is 4.74 Å². The predicted octanol–water partition coefficient (Wildman–Crippen LogP) is 1.54. The third kappa shape index (κ3) is 6.75. The number of aromatic amines is 1. The molecule has 0 aliphatic rings. The number of rotatable bonds is 9.